The lowest BCUT2D eigenvalue weighted by Gasteiger charge is -2.19. The van der Waals surface area contributed by atoms with Gasteiger partial charge in [-0.3, -0.25) is 0 Å². The van der Waals surface area contributed by atoms with E-state index in [4.69, 9.17) is 15.0 Å². The van der Waals surface area contributed by atoms with Gasteiger partial charge in [0.25, 0.3) is 0 Å². The molecule has 1 aromatic rings. The smallest absolute Gasteiger partial charge is 0.246 e. The zero-order valence-corrected chi connectivity index (χ0v) is 12.1. The second kappa shape index (κ2) is 6.29. The van der Waals surface area contributed by atoms with E-state index in [1.807, 2.05) is 13.8 Å². The molecule has 0 spiro atoms. The van der Waals surface area contributed by atoms with Crippen molar-refractivity contribution >= 4 is 0 Å². The van der Waals surface area contributed by atoms with Gasteiger partial charge in [0.15, 0.2) is 0 Å². The number of nitrogens with two attached hydrogens (primary N) is 1. The summed E-state index contributed by atoms with van der Waals surface area (Å²) in [4.78, 5) is 4.41. The number of aromatic nitrogens is 2. The molecule has 5 heteroatoms. The highest BCUT2D eigenvalue weighted by Gasteiger charge is 2.30. The van der Waals surface area contributed by atoms with E-state index in [-0.39, 0.29) is 6.10 Å². The van der Waals surface area contributed by atoms with Crippen LogP contribution >= 0.6 is 0 Å². The monoisotopic (exact) mass is 255 g/mol. The number of hydrogen-bond donors (Lipinski definition) is 1. The van der Waals surface area contributed by atoms with Crippen LogP contribution < -0.4 is 5.73 Å². The van der Waals surface area contributed by atoms with E-state index in [0.717, 1.165) is 12.8 Å². The fourth-order valence-corrected chi connectivity index (χ4v) is 1.95. The van der Waals surface area contributed by atoms with Gasteiger partial charge in [-0.2, -0.15) is 4.98 Å². The third-order valence-electron chi connectivity index (χ3n) is 2.91. The van der Waals surface area contributed by atoms with Crippen LogP contribution in [0.25, 0.3) is 0 Å². The van der Waals surface area contributed by atoms with Crippen molar-refractivity contribution in [2.45, 2.75) is 59.1 Å². The molecule has 0 bridgehead atoms. The number of ether oxygens (including phenoxy) is 1. The molecule has 0 aliphatic carbocycles. The normalized spacial score (nSPS) is 16.8. The Morgan fingerprint density at radius 2 is 2.06 bits per heavy atom. The van der Waals surface area contributed by atoms with E-state index in [1.54, 1.807) is 0 Å². The Balaban J connectivity index is 2.90. The first-order chi connectivity index (χ1) is 8.42. The van der Waals surface area contributed by atoms with Gasteiger partial charge >= 0.3 is 0 Å². The summed E-state index contributed by atoms with van der Waals surface area (Å²) in [5.74, 6) is 1.38. The molecule has 0 amide bonds. The molecule has 5 nitrogen and oxygen atoms in total. The van der Waals surface area contributed by atoms with Crippen molar-refractivity contribution in [3.63, 3.8) is 0 Å². The van der Waals surface area contributed by atoms with Crippen LogP contribution in [-0.4, -0.2) is 16.7 Å². The van der Waals surface area contributed by atoms with Gasteiger partial charge in [0.05, 0.1) is 5.54 Å². The molecule has 0 aliphatic heterocycles. The minimum atomic E-state index is -0.562. The Kier molecular flexibility index (Phi) is 5.28. The van der Waals surface area contributed by atoms with Crippen molar-refractivity contribution < 1.29 is 9.26 Å². The molecule has 18 heavy (non-hydrogen) atoms. The highest BCUT2D eigenvalue weighted by atomic mass is 16.5. The van der Waals surface area contributed by atoms with Gasteiger partial charge in [-0.25, -0.2) is 0 Å². The number of nitrogens with zero attached hydrogens (tertiary/aromatic N) is 2. The van der Waals surface area contributed by atoms with E-state index in [2.05, 4.69) is 30.9 Å². The van der Waals surface area contributed by atoms with Crippen molar-refractivity contribution in [2.24, 2.45) is 11.7 Å². The molecule has 104 valence electrons. The molecule has 1 aromatic heterocycles. The maximum atomic E-state index is 6.18. The van der Waals surface area contributed by atoms with Crippen molar-refractivity contribution in [1.29, 1.82) is 0 Å². The Labute approximate surface area is 109 Å². The molecule has 2 N–H and O–H groups in total. The second-order valence-electron chi connectivity index (χ2n) is 5.25. The molecule has 0 saturated heterocycles. The topological polar surface area (TPSA) is 74.2 Å². The average molecular weight is 255 g/mol. The van der Waals surface area contributed by atoms with E-state index >= 15 is 0 Å². The Bertz CT molecular complexity index is 361. The summed E-state index contributed by atoms with van der Waals surface area (Å²) in [6, 6.07) is 0. The van der Waals surface area contributed by atoms with E-state index in [1.165, 1.54) is 0 Å². The second-order valence-corrected chi connectivity index (χ2v) is 5.25. The van der Waals surface area contributed by atoms with Gasteiger partial charge in [-0.15, -0.1) is 0 Å². The maximum Gasteiger partial charge on any atom is 0.246 e. The van der Waals surface area contributed by atoms with Gasteiger partial charge in [-0.1, -0.05) is 32.3 Å². The quantitative estimate of drug-likeness (QED) is 0.811. The molecule has 1 rings (SSSR count). The average Bonchev–Trinajstić information content (AvgIpc) is 2.75. The SMILES string of the molecule is CCCC(C)(N)c1nc(C(OCC)C(C)C)no1. The molecular formula is C13H25N3O2. The highest BCUT2D eigenvalue weighted by molar-refractivity contribution is 5.02. The first kappa shape index (κ1) is 15.1. The van der Waals surface area contributed by atoms with Crippen LogP contribution in [0.5, 0.6) is 0 Å². The summed E-state index contributed by atoms with van der Waals surface area (Å²) in [5, 5.41) is 4.01. The predicted molar refractivity (Wildman–Crippen MR) is 70.0 cm³/mol. The molecule has 2 unspecified atom stereocenters. The third kappa shape index (κ3) is 3.53. The Morgan fingerprint density at radius 1 is 1.39 bits per heavy atom. The molecule has 0 aromatic carbocycles. The Morgan fingerprint density at radius 3 is 2.56 bits per heavy atom. The van der Waals surface area contributed by atoms with Crippen molar-refractivity contribution in [3.8, 4) is 0 Å². The van der Waals surface area contributed by atoms with Crippen LogP contribution in [0.2, 0.25) is 0 Å². The standard InChI is InChI=1S/C13H25N3O2/c1-6-8-13(5,14)12-15-11(16-18-12)10(9(3)4)17-7-2/h9-10H,6-8,14H2,1-5H3. The lowest BCUT2D eigenvalue weighted by molar-refractivity contribution is 0.0217. The van der Waals surface area contributed by atoms with Crippen LogP contribution in [0.15, 0.2) is 4.52 Å². The van der Waals surface area contributed by atoms with Gasteiger partial charge in [0.2, 0.25) is 11.7 Å². The fraction of sp³-hybridized carbons (Fsp3) is 0.846. The van der Waals surface area contributed by atoms with Crippen LogP contribution in [0.1, 0.15) is 65.3 Å². The van der Waals surface area contributed by atoms with Crippen LogP contribution in [0.3, 0.4) is 0 Å². The van der Waals surface area contributed by atoms with Crippen molar-refractivity contribution in [2.75, 3.05) is 6.61 Å². The maximum absolute atomic E-state index is 6.18. The summed E-state index contributed by atoms with van der Waals surface area (Å²) in [7, 11) is 0. The summed E-state index contributed by atoms with van der Waals surface area (Å²) < 4.78 is 10.9. The number of hydrogen-bond acceptors (Lipinski definition) is 5. The minimum Gasteiger partial charge on any atom is -0.370 e. The first-order valence-corrected chi connectivity index (χ1v) is 6.67. The molecule has 0 aliphatic rings. The zero-order chi connectivity index (χ0) is 13.8. The molecule has 1 heterocycles. The predicted octanol–water partition coefficient (Wildman–Crippen LogP) is 2.78. The number of rotatable bonds is 7. The van der Waals surface area contributed by atoms with Gasteiger partial charge in [-0.05, 0) is 26.2 Å². The summed E-state index contributed by atoms with van der Waals surface area (Å²) >= 11 is 0. The van der Waals surface area contributed by atoms with Gasteiger partial charge < -0.3 is 15.0 Å². The van der Waals surface area contributed by atoms with E-state index in [0.29, 0.717) is 24.2 Å². The minimum absolute atomic E-state index is 0.134. The summed E-state index contributed by atoms with van der Waals surface area (Å²) in [5.41, 5.74) is 5.61. The molecule has 0 radical (unpaired) electrons. The summed E-state index contributed by atoms with van der Waals surface area (Å²) in [6.45, 7) is 10.7. The molecular weight excluding hydrogens is 230 g/mol. The molecule has 0 saturated carbocycles. The van der Waals surface area contributed by atoms with Crippen LogP contribution in [0, 0.1) is 5.92 Å². The Hall–Kier alpha value is -0.940. The van der Waals surface area contributed by atoms with Crippen molar-refractivity contribution in [1.82, 2.24) is 10.1 Å². The van der Waals surface area contributed by atoms with Gasteiger partial charge in [0.1, 0.15) is 6.10 Å². The van der Waals surface area contributed by atoms with Crippen molar-refractivity contribution in [3.05, 3.63) is 11.7 Å². The zero-order valence-electron chi connectivity index (χ0n) is 12.1. The lowest BCUT2D eigenvalue weighted by atomic mass is 9.97. The third-order valence-corrected chi connectivity index (χ3v) is 2.91. The summed E-state index contributed by atoms with van der Waals surface area (Å²) in [6.07, 6.45) is 1.66. The van der Waals surface area contributed by atoms with E-state index in [9.17, 15) is 0 Å². The van der Waals surface area contributed by atoms with E-state index < -0.39 is 5.54 Å². The van der Waals surface area contributed by atoms with Crippen LogP contribution in [-0.2, 0) is 10.3 Å². The fourth-order valence-electron chi connectivity index (χ4n) is 1.95. The lowest BCUT2D eigenvalue weighted by Crippen LogP contribution is -2.33. The highest BCUT2D eigenvalue weighted by Crippen LogP contribution is 2.27. The van der Waals surface area contributed by atoms with Gasteiger partial charge in [0, 0.05) is 6.61 Å². The molecule has 0 fully saturated rings. The largest absolute Gasteiger partial charge is 0.370 e. The molecule has 2 atom stereocenters. The van der Waals surface area contributed by atoms with Crippen LogP contribution in [0.4, 0.5) is 0 Å². The first-order valence-electron chi connectivity index (χ1n) is 6.67.